The molecule has 1 atom stereocenters. The van der Waals surface area contributed by atoms with Crippen molar-refractivity contribution in [1.82, 2.24) is 14.8 Å². The molecule has 0 radical (unpaired) electrons. The molecule has 1 aliphatic rings. The summed E-state index contributed by atoms with van der Waals surface area (Å²) < 4.78 is 20.5. The molecule has 4 rings (SSSR count). The van der Waals surface area contributed by atoms with Gasteiger partial charge in [-0.3, -0.25) is 14.4 Å². The minimum absolute atomic E-state index is 0.0522. The number of hydrogen-bond acceptors (Lipinski definition) is 4. The van der Waals surface area contributed by atoms with Crippen LogP contribution in [0.1, 0.15) is 29.0 Å². The van der Waals surface area contributed by atoms with Crippen molar-refractivity contribution in [3.05, 3.63) is 71.8 Å². The second kappa shape index (κ2) is 6.59. The molecule has 3 aromatic rings. The lowest BCUT2D eigenvalue weighted by atomic mass is 10.2. The van der Waals surface area contributed by atoms with Crippen LogP contribution in [0.25, 0.3) is 0 Å². The van der Waals surface area contributed by atoms with Crippen LogP contribution in [0.2, 0.25) is 0 Å². The third-order valence-electron chi connectivity index (χ3n) is 4.26. The largest absolute Gasteiger partial charge is 0.472 e. The van der Waals surface area contributed by atoms with Crippen LogP contribution in [-0.4, -0.2) is 27.2 Å². The minimum Gasteiger partial charge on any atom is -0.472 e. The Labute approximate surface area is 149 Å². The monoisotopic (exact) mass is 352 g/mol. The number of carbonyl (C=O) groups is 1. The first-order valence-electron chi connectivity index (χ1n) is 8.31. The topological polar surface area (TPSA) is 60.3 Å². The maximum absolute atomic E-state index is 13.1. The van der Waals surface area contributed by atoms with Gasteiger partial charge in [-0.15, -0.1) is 5.10 Å². The molecule has 0 saturated carbocycles. The fraction of sp³-hybridized carbons (Fsp3) is 0.211. The van der Waals surface area contributed by atoms with Crippen molar-refractivity contribution in [3.63, 3.8) is 0 Å². The van der Waals surface area contributed by atoms with E-state index in [2.05, 4.69) is 10.1 Å². The molecular weight excluding hydrogens is 335 g/mol. The van der Waals surface area contributed by atoms with E-state index in [0.717, 1.165) is 11.8 Å². The molecule has 6 nitrogen and oxygen atoms in total. The van der Waals surface area contributed by atoms with Crippen LogP contribution in [-0.2, 0) is 6.61 Å². The molecule has 2 aromatic heterocycles. The lowest BCUT2D eigenvalue weighted by molar-refractivity contribution is 0.0952. The highest BCUT2D eigenvalue weighted by molar-refractivity contribution is 6.05. The fourth-order valence-corrected chi connectivity index (χ4v) is 2.96. The molecular formula is C19H17FN4O2. The van der Waals surface area contributed by atoms with E-state index in [4.69, 9.17) is 4.74 Å². The quantitative estimate of drug-likeness (QED) is 0.723. The number of halogens is 1. The number of hydrogen-bond donors (Lipinski definition) is 0. The smallest absolute Gasteiger partial charge is 0.277 e. The number of pyridine rings is 1. The number of carbonyl (C=O) groups excluding carboxylic acids is 1. The zero-order valence-electron chi connectivity index (χ0n) is 14.2. The molecule has 0 saturated heterocycles. The molecule has 26 heavy (non-hydrogen) atoms. The van der Waals surface area contributed by atoms with E-state index < -0.39 is 5.82 Å². The van der Waals surface area contributed by atoms with Gasteiger partial charge in [0.25, 0.3) is 5.91 Å². The molecule has 0 aliphatic carbocycles. The number of aromatic nitrogens is 3. The minimum atomic E-state index is -0.437. The SMILES string of the molecule is CC1CN(c2ccc(F)cn2)C(=O)c2cc(OCc3ccccc3)nn21. The Morgan fingerprint density at radius 2 is 2.04 bits per heavy atom. The summed E-state index contributed by atoms with van der Waals surface area (Å²) in [6.45, 7) is 2.74. The summed E-state index contributed by atoms with van der Waals surface area (Å²) >= 11 is 0. The Hall–Kier alpha value is -3.22. The summed E-state index contributed by atoms with van der Waals surface area (Å²) in [6.07, 6.45) is 1.10. The normalized spacial score (nSPS) is 16.5. The molecule has 0 spiro atoms. The number of anilines is 1. The maximum Gasteiger partial charge on any atom is 0.277 e. The number of amides is 1. The number of ether oxygens (including phenoxy) is 1. The fourth-order valence-electron chi connectivity index (χ4n) is 2.96. The van der Waals surface area contributed by atoms with Gasteiger partial charge in [-0.1, -0.05) is 30.3 Å². The van der Waals surface area contributed by atoms with Gasteiger partial charge in [-0.2, -0.15) is 0 Å². The average molecular weight is 352 g/mol. The maximum atomic E-state index is 13.1. The molecule has 132 valence electrons. The third-order valence-corrected chi connectivity index (χ3v) is 4.26. The first kappa shape index (κ1) is 16.3. The van der Waals surface area contributed by atoms with E-state index in [1.807, 2.05) is 37.3 Å². The molecule has 0 bridgehead atoms. The van der Waals surface area contributed by atoms with Crippen molar-refractivity contribution in [2.24, 2.45) is 0 Å². The summed E-state index contributed by atoms with van der Waals surface area (Å²) in [5, 5.41) is 4.41. The van der Waals surface area contributed by atoms with Crippen LogP contribution in [0.3, 0.4) is 0 Å². The van der Waals surface area contributed by atoms with Crippen LogP contribution in [0, 0.1) is 5.82 Å². The third kappa shape index (κ3) is 3.03. The Balaban J connectivity index is 1.56. The number of rotatable bonds is 4. The Kier molecular flexibility index (Phi) is 4.12. The van der Waals surface area contributed by atoms with Gasteiger partial charge in [0.1, 0.15) is 23.9 Å². The molecule has 3 heterocycles. The average Bonchev–Trinajstić information content (AvgIpc) is 3.10. The predicted octanol–water partition coefficient (Wildman–Crippen LogP) is 3.22. The second-order valence-corrected chi connectivity index (χ2v) is 6.19. The van der Waals surface area contributed by atoms with E-state index in [0.29, 0.717) is 30.5 Å². The van der Waals surface area contributed by atoms with Crippen molar-refractivity contribution >= 4 is 11.7 Å². The highest BCUT2D eigenvalue weighted by Crippen LogP contribution is 2.27. The molecule has 7 heteroatoms. The summed E-state index contributed by atoms with van der Waals surface area (Å²) in [7, 11) is 0. The summed E-state index contributed by atoms with van der Waals surface area (Å²) in [5.74, 6) is 0.151. The van der Waals surface area contributed by atoms with Gasteiger partial charge in [0.2, 0.25) is 5.88 Å². The number of benzene rings is 1. The highest BCUT2D eigenvalue weighted by Gasteiger charge is 2.32. The second-order valence-electron chi connectivity index (χ2n) is 6.19. The van der Waals surface area contributed by atoms with Crippen LogP contribution in [0.15, 0.2) is 54.7 Å². The molecule has 1 unspecified atom stereocenters. The van der Waals surface area contributed by atoms with Crippen molar-refractivity contribution in [2.45, 2.75) is 19.6 Å². The van der Waals surface area contributed by atoms with Crippen LogP contribution in [0.5, 0.6) is 5.88 Å². The van der Waals surface area contributed by atoms with Gasteiger partial charge in [0.05, 0.1) is 12.2 Å². The van der Waals surface area contributed by atoms with Crippen molar-refractivity contribution < 1.29 is 13.9 Å². The first-order chi connectivity index (χ1) is 12.6. The molecule has 0 fully saturated rings. The van der Waals surface area contributed by atoms with E-state index in [1.165, 1.54) is 17.0 Å². The molecule has 1 aromatic carbocycles. The van der Waals surface area contributed by atoms with Gasteiger partial charge in [-0.25, -0.2) is 9.37 Å². The van der Waals surface area contributed by atoms with Gasteiger partial charge >= 0.3 is 0 Å². The zero-order chi connectivity index (χ0) is 18.1. The van der Waals surface area contributed by atoms with E-state index in [9.17, 15) is 9.18 Å². The summed E-state index contributed by atoms with van der Waals surface area (Å²) in [6, 6.07) is 14.1. The molecule has 0 N–H and O–H groups in total. The zero-order valence-corrected chi connectivity index (χ0v) is 14.2. The van der Waals surface area contributed by atoms with Crippen molar-refractivity contribution in [2.75, 3.05) is 11.4 Å². The van der Waals surface area contributed by atoms with Crippen molar-refractivity contribution in [1.29, 1.82) is 0 Å². The first-order valence-corrected chi connectivity index (χ1v) is 8.31. The Morgan fingerprint density at radius 3 is 2.77 bits per heavy atom. The van der Waals surface area contributed by atoms with Gasteiger partial charge in [0.15, 0.2) is 0 Å². The number of nitrogens with zero attached hydrogens (tertiary/aromatic N) is 4. The standard InChI is InChI=1S/C19H17FN4O2/c1-13-11-23(17-8-7-15(20)10-21-17)19(25)16-9-18(22-24(13)16)26-12-14-5-3-2-4-6-14/h2-10,13H,11-12H2,1H3. The lowest BCUT2D eigenvalue weighted by Gasteiger charge is -2.30. The van der Waals surface area contributed by atoms with E-state index >= 15 is 0 Å². The van der Waals surface area contributed by atoms with Gasteiger partial charge in [0, 0.05) is 12.6 Å². The summed E-state index contributed by atoms with van der Waals surface area (Å²) in [4.78, 5) is 18.4. The predicted molar refractivity (Wildman–Crippen MR) is 93.6 cm³/mol. The number of fused-ring (bicyclic) bond motifs is 1. The van der Waals surface area contributed by atoms with Gasteiger partial charge < -0.3 is 4.74 Å². The van der Waals surface area contributed by atoms with Crippen molar-refractivity contribution in [3.8, 4) is 5.88 Å². The van der Waals surface area contributed by atoms with Crippen LogP contribution >= 0.6 is 0 Å². The highest BCUT2D eigenvalue weighted by atomic mass is 19.1. The molecule has 1 aliphatic heterocycles. The van der Waals surface area contributed by atoms with Crippen LogP contribution in [0.4, 0.5) is 10.2 Å². The van der Waals surface area contributed by atoms with E-state index in [-0.39, 0.29) is 11.9 Å². The summed E-state index contributed by atoms with van der Waals surface area (Å²) in [5.41, 5.74) is 1.45. The van der Waals surface area contributed by atoms with E-state index in [1.54, 1.807) is 10.7 Å². The lowest BCUT2D eigenvalue weighted by Crippen LogP contribution is -2.42. The Bertz CT molecular complexity index is 924. The Morgan fingerprint density at radius 1 is 1.23 bits per heavy atom. The van der Waals surface area contributed by atoms with Gasteiger partial charge in [-0.05, 0) is 24.6 Å². The molecule has 1 amide bonds. The van der Waals surface area contributed by atoms with Crippen LogP contribution < -0.4 is 9.64 Å².